The summed E-state index contributed by atoms with van der Waals surface area (Å²) in [6.45, 7) is 4.14. The van der Waals surface area contributed by atoms with Crippen LogP contribution >= 0.6 is 0 Å². The molecule has 0 bridgehead atoms. The molecule has 0 aromatic rings. The van der Waals surface area contributed by atoms with Gasteiger partial charge in [-0.25, -0.2) is 0 Å². The van der Waals surface area contributed by atoms with Crippen molar-refractivity contribution in [3.63, 3.8) is 0 Å². The quantitative estimate of drug-likeness (QED) is 0.376. The standard InChI is InChI=1S/C19H39NO3/c1-3-5-7-8-9-10-11-13-15-19(23)20-17(16-21)18(22)14-12-6-4-2/h17-18,21-22H,3-16H2,1-2H3,(H,20,23). The van der Waals surface area contributed by atoms with Gasteiger partial charge in [0, 0.05) is 6.42 Å². The summed E-state index contributed by atoms with van der Waals surface area (Å²) < 4.78 is 0. The van der Waals surface area contributed by atoms with Crippen molar-refractivity contribution >= 4 is 5.91 Å². The molecule has 0 rings (SSSR count). The fourth-order valence-electron chi connectivity index (χ4n) is 2.77. The van der Waals surface area contributed by atoms with E-state index >= 15 is 0 Å². The van der Waals surface area contributed by atoms with Crippen LogP contribution in [0.5, 0.6) is 0 Å². The third-order valence-corrected chi connectivity index (χ3v) is 4.37. The molecule has 0 aromatic heterocycles. The summed E-state index contributed by atoms with van der Waals surface area (Å²) in [6, 6.07) is -0.520. The molecule has 0 heterocycles. The van der Waals surface area contributed by atoms with Crippen LogP contribution in [0.15, 0.2) is 0 Å². The van der Waals surface area contributed by atoms with Gasteiger partial charge in [-0.1, -0.05) is 78.1 Å². The fraction of sp³-hybridized carbons (Fsp3) is 0.947. The van der Waals surface area contributed by atoms with Gasteiger partial charge in [0.25, 0.3) is 0 Å². The van der Waals surface area contributed by atoms with Gasteiger partial charge in [0.2, 0.25) is 5.91 Å². The van der Waals surface area contributed by atoms with Crippen molar-refractivity contribution in [1.82, 2.24) is 5.32 Å². The highest BCUT2D eigenvalue weighted by Gasteiger charge is 2.19. The SMILES string of the molecule is CCCCCCCCCCC(=O)NC(CO)C(O)CCCCC. The zero-order valence-corrected chi connectivity index (χ0v) is 15.4. The molecule has 0 spiro atoms. The van der Waals surface area contributed by atoms with Crippen molar-refractivity contribution in [3.8, 4) is 0 Å². The van der Waals surface area contributed by atoms with Crippen molar-refractivity contribution in [2.24, 2.45) is 0 Å². The molecular formula is C19H39NO3. The minimum atomic E-state index is -0.644. The largest absolute Gasteiger partial charge is 0.394 e. The summed E-state index contributed by atoms with van der Waals surface area (Å²) in [5, 5.41) is 22.1. The monoisotopic (exact) mass is 329 g/mol. The fourth-order valence-corrected chi connectivity index (χ4v) is 2.77. The summed E-state index contributed by atoms with van der Waals surface area (Å²) in [5.74, 6) is -0.0513. The van der Waals surface area contributed by atoms with E-state index in [1.165, 1.54) is 38.5 Å². The predicted octanol–water partition coefficient (Wildman–Crippen LogP) is 3.94. The van der Waals surface area contributed by atoms with Crippen LogP contribution in [-0.4, -0.2) is 34.9 Å². The third-order valence-electron chi connectivity index (χ3n) is 4.37. The third kappa shape index (κ3) is 13.5. The summed E-state index contributed by atoms with van der Waals surface area (Å²) in [7, 11) is 0. The Hall–Kier alpha value is -0.610. The van der Waals surface area contributed by atoms with E-state index in [1.807, 2.05) is 0 Å². The van der Waals surface area contributed by atoms with Crippen molar-refractivity contribution < 1.29 is 15.0 Å². The number of unbranched alkanes of at least 4 members (excludes halogenated alkanes) is 9. The number of aliphatic hydroxyl groups excluding tert-OH is 2. The molecule has 4 heteroatoms. The van der Waals surface area contributed by atoms with E-state index in [2.05, 4.69) is 19.2 Å². The van der Waals surface area contributed by atoms with E-state index in [9.17, 15) is 15.0 Å². The van der Waals surface area contributed by atoms with Crippen LogP contribution in [0.25, 0.3) is 0 Å². The first-order valence-electron chi connectivity index (χ1n) is 9.73. The zero-order chi connectivity index (χ0) is 17.3. The lowest BCUT2D eigenvalue weighted by Gasteiger charge is -2.22. The van der Waals surface area contributed by atoms with Gasteiger partial charge in [-0.3, -0.25) is 4.79 Å². The Morgan fingerprint density at radius 2 is 1.39 bits per heavy atom. The topological polar surface area (TPSA) is 69.6 Å². The molecule has 138 valence electrons. The summed E-state index contributed by atoms with van der Waals surface area (Å²) in [4.78, 5) is 11.9. The Morgan fingerprint density at radius 1 is 0.870 bits per heavy atom. The van der Waals surface area contributed by atoms with Gasteiger partial charge in [0.1, 0.15) is 0 Å². The van der Waals surface area contributed by atoms with Gasteiger partial charge < -0.3 is 15.5 Å². The molecule has 0 radical (unpaired) electrons. The highest BCUT2D eigenvalue weighted by molar-refractivity contribution is 5.76. The molecular weight excluding hydrogens is 290 g/mol. The Morgan fingerprint density at radius 3 is 1.96 bits per heavy atom. The van der Waals surface area contributed by atoms with E-state index in [4.69, 9.17) is 0 Å². The van der Waals surface area contributed by atoms with Crippen molar-refractivity contribution in [1.29, 1.82) is 0 Å². The average molecular weight is 330 g/mol. The van der Waals surface area contributed by atoms with Gasteiger partial charge in [0.15, 0.2) is 0 Å². The van der Waals surface area contributed by atoms with Crippen LogP contribution in [0.2, 0.25) is 0 Å². The van der Waals surface area contributed by atoms with E-state index in [0.717, 1.165) is 32.1 Å². The lowest BCUT2D eigenvalue weighted by molar-refractivity contribution is -0.123. The average Bonchev–Trinajstić information content (AvgIpc) is 2.55. The number of rotatable bonds is 16. The maximum atomic E-state index is 11.9. The molecule has 0 fully saturated rings. The second-order valence-corrected chi connectivity index (χ2v) is 6.64. The van der Waals surface area contributed by atoms with Crippen LogP contribution in [-0.2, 0) is 4.79 Å². The van der Waals surface area contributed by atoms with Crippen LogP contribution in [0.4, 0.5) is 0 Å². The smallest absolute Gasteiger partial charge is 0.220 e. The first kappa shape index (κ1) is 22.4. The molecule has 4 nitrogen and oxygen atoms in total. The Bertz CT molecular complexity index is 271. The van der Waals surface area contributed by atoms with Gasteiger partial charge in [-0.2, -0.15) is 0 Å². The zero-order valence-electron chi connectivity index (χ0n) is 15.4. The first-order valence-corrected chi connectivity index (χ1v) is 9.73. The molecule has 1 amide bonds. The summed E-state index contributed by atoms with van der Waals surface area (Å²) in [6.07, 6.45) is 13.2. The Kier molecular flexibility index (Phi) is 15.8. The first-order chi connectivity index (χ1) is 11.2. The maximum Gasteiger partial charge on any atom is 0.220 e. The van der Waals surface area contributed by atoms with Crippen LogP contribution in [0.1, 0.15) is 97.3 Å². The molecule has 0 aliphatic rings. The molecule has 0 aromatic carbocycles. The number of nitrogens with one attached hydrogen (secondary N) is 1. The van der Waals surface area contributed by atoms with E-state index in [0.29, 0.717) is 12.8 Å². The lowest BCUT2D eigenvalue weighted by Crippen LogP contribution is -2.45. The summed E-state index contributed by atoms with van der Waals surface area (Å²) in [5.41, 5.74) is 0. The van der Waals surface area contributed by atoms with Gasteiger partial charge in [-0.15, -0.1) is 0 Å². The van der Waals surface area contributed by atoms with Gasteiger partial charge >= 0.3 is 0 Å². The molecule has 0 saturated carbocycles. The molecule has 0 aliphatic heterocycles. The lowest BCUT2D eigenvalue weighted by atomic mass is 10.0. The number of amides is 1. The van der Waals surface area contributed by atoms with Crippen LogP contribution in [0.3, 0.4) is 0 Å². The normalized spacial score (nSPS) is 13.7. The Labute approximate surface area is 143 Å². The van der Waals surface area contributed by atoms with Crippen LogP contribution < -0.4 is 5.32 Å². The molecule has 2 atom stereocenters. The van der Waals surface area contributed by atoms with Crippen molar-refractivity contribution in [3.05, 3.63) is 0 Å². The molecule has 23 heavy (non-hydrogen) atoms. The minimum Gasteiger partial charge on any atom is -0.394 e. The summed E-state index contributed by atoms with van der Waals surface area (Å²) >= 11 is 0. The molecule has 0 saturated heterocycles. The molecule has 3 N–H and O–H groups in total. The maximum absolute atomic E-state index is 11.9. The predicted molar refractivity (Wildman–Crippen MR) is 96.4 cm³/mol. The molecule has 2 unspecified atom stereocenters. The van der Waals surface area contributed by atoms with E-state index in [1.54, 1.807) is 0 Å². The number of carbonyl (C=O) groups excluding carboxylic acids is 1. The number of carbonyl (C=O) groups is 1. The highest BCUT2D eigenvalue weighted by Crippen LogP contribution is 2.10. The van der Waals surface area contributed by atoms with E-state index in [-0.39, 0.29) is 12.5 Å². The number of hydrogen-bond donors (Lipinski definition) is 3. The second kappa shape index (κ2) is 16.3. The van der Waals surface area contributed by atoms with Gasteiger partial charge in [-0.05, 0) is 12.8 Å². The van der Waals surface area contributed by atoms with Gasteiger partial charge in [0.05, 0.1) is 18.8 Å². The molecule has 0 aliphatic carbocycles. The Balaban J connectivity index is 3.68. The van der Waals surface area contributed by atoms with Crippen molar-refractivity contribution in [2.45, 2.75) is 109 Å². The van der Waals surface area contributed by atoms with E-state index < -0.39 is 12.1 Å². The minimum absolute atomic E-state index is 0.0513. The number of hydrogen-bond acceptors (Lipinski definition) is 3. The highest BCUT2D eigenvalue weighted by atomic mass is 16.3. The van der Waals surface area contributed by atoms with Crippen LogP contribution in [0, 0.1) is 0 Å². The number of aliphatic hydroxyl groups is 2. The second-order valence-electron chi connectivity index (χ2n) is 6.64. The van der Waals surface area contributed by atoms with Crippen molar-refractivity contribution in [2.75, 3.05) is 6.61 Å².